The molecule has 0 fully saturated rings. The lowest BCUT2D eigenvalue weighted by molar-refractivity contribution is 0.101. The molecule has 2 rings (SSSR count). The Hall–Kier alpha value is -2.23. The normalized spacial score (nSPS) is 10.3. The summed E-state index contributed by atoms with van der Waals surface area (Å²) in [5, 5.41) is 0. The van der Waals surface area contributed by atoms with Crippen molar-refractivity contribution in [1.29, 1.82) is 0 Å². The highest BCUT2D eigenvalue weighted by atomic mass is 16.5. The summed E-state index contributed by atoms with van der Waals surface area (Å²) in [5.74, 6) is 1.30. The number of hydrogen-bond acceptors (Lipinski definition) is 4. The van der Waals surface area contributed by atoms with Crippen molar-refractivity contribution in [3.05, 3.63) is 41.7 Å². The Kier molecular flexibility index (Phi) is 3.90. The van der Waals surface area contributed by atoms with E-state index in [1.54, 1.807) is 6.20 Å². The molecule has 1 aromatic carbocycles. The molecule has 0 N–H and O–H groups in total. The van der Waals surface area contributed by atoms with Gasteiger partial charge in [0.25, 0.3) is 0 Å². The molecule has 0 saturated carbocycles. The zero-order valence-electron chi connectivity index (χ0n) is 11.3. The van der Waals surface area contributed by atoms with E-state index >= 15 is 0 Å². The highest BCUT2D eigenvalue weighted by Crippen LogP contribution is 2.27. The number of ketones is 1. The van der Waals surface area contributed by atoms with E-state index in [0.29, 0.717) is 23.7 Å². The van der Waals surface area contributed by atoms with E-state index in [0.717, 1.165) is 11.3 Å². The van der Waals surface area contributed by atoms with Gasteiger partial charge >= 0.3 is 0 Å². The van der Waals surface area contributed by atoms with Crippen molar-refractivity contribution >= 4 is 5.78 Å². The Morgan fingerprint density at radius 1 is 1.32 bits per heavy atom. The SMILES string of the molecule is CCOc1ccccc1-c1ncc(C(C)=O)c(C)n1. The molecule has 0 atom stereocenters. The maximum absolute atomic E-state index is 11.4. The van der Waals surface area contributed by atoms with Crippen LogP contribution in [0.15, 0.2) is 30.5 Å². The molecule has 0 spiro atoms. The molecule has 1 heterocycles. The van der Waals surface area contributed by atoms with Gasteiger partial charge in [0.1, 0.15) is 5.75 Å². The minimum Gasteiger partial charge on any atom is -0.493 e. The Balaban J connectivity index is 2.48. The summed E-state index contributed by atoms with van der Waals surface area (Å²) < 4.78 is 5.56. The van der Waals surface area contributed by atoms with Crippen LogP contribution < -0.4 is 4.74 Å². The maximum Gasteiger partial charge on any atom is 0.163 e. The average Bonchev–Trinajstić information content (AvgIpc) is 2.39. The highest BCUT2D eigenvalue weighted by molar-refractivity contribution is 5.94. The Morgan fingerprint density at radius 3 is 2.68 bits per heavy atom. The second-order valence-corrected chi connectivity index (χ2v) is 4.18. The minimum atomic E-state index is -0.0258. The molecule has 0 amide bonds. The Morgan fingerprint density at radius 2 is 2.05 bits per heavy atom. The molecular weight excluding hydrogens is 240 g/mol. The minimum absolute atomic E-state index is 0.0258. The summed E-state index contributed by atoms with van der Waals surface area (Å²) in [6, 6.07) is 7.62. The van der Waals surface area contributed by atoms with Gasteiger partial charge in [0.2, 0.25) is 0 Å². The van der Waals surface area contributed by atoms with Crippen molar-refractivity contribution in [3.63, 3.8) is 0 Å². The van der Waals surface area contributed by atoms with Crippen molar-refractivity contribution < 1.29 is 9.53 Å². The van der Waals surface area contributed by atoms with E-state index in [2.05, 4.69) is 9.97 Å². The maximum atomic E-state index is 11.4. The van der Waals surface area contributed by atoms with Gasteiger partial charge in [-0.15, -0.1) is 0 Å². The van der Waals surface area contributed by atoms with E-state index in [1.807, 2.05) is 38.1 Å². The number of ether oxygens (including phenoxy) is 1. The van der Waals surface area contributed by atoms with Crippen LogP contribution in [0.4, 0.5) is 0 Å². The summed E-state index contributed by atoms with van der Waals surface area (Å²) in [4.78, 5) is 20.0. The third-order valence-electron chi connectivity index (χ3n) is 2.79. The van der Waals surface area contributed by atoms with Gasteiger partial charge in [0, 0.05) is 6.20 Å². The Labute approximate surface area is 112 Å². The number of carbonyl (C=O) groups excluding carboxylic acids is 1. The number of para-hydroxylation sites is 1. The third-order valence-corrected chi connectivity index (χ3v) is 2.79. The molecule has 4 heteroatoms. The molecule has 0 saturated heterocycles. The van der Waals surface area contributed by atoms with Gasteiger partial charge < -0.3 is 4.74 Å². The molecule has 98 valence electrons. The van der Waals surface area contributed by atoms with E-state index in [-0.39, 0.29) is 5.78 Å². The van der Waals surface area contributed by atoms with Gasteiger partial charge in [-0.1, -0.05) is 12.1 Å². The first-order chi connectivity index (χ1) is 9.13. The second-order valence-electron chi connectivity index (χ2n) is 4.18. The lowest BCUT2D eigenvalue weighted by Crippen LogP contribution is -2.03. The molecule has 0 radical (unpaired) electrons. The molecule has 1 aromatic heterocycles. The van der Waals surface area contributed by atoms with Crippen LogP contribution in [0.25, 0.3) is 11.4 Å². The lowest BCUT2D eigenvalue weighted by atomic mass is 10.1. The number of rotatable bonds is 4. The molecule has 0 aliphatic rings. The monoisotopic (exact) mass is 256 g/mol. The number of carbonyl (C=O) groups is 1. The molecule has 0 aliphatic carbocycles. The zero-order valence-corrected chi connectivity index (χ0v) is 11.3. The smallest absolute Gasteiger partial charge is 0.163 e. The summed E-state index contributed by atoms with van der Waals surface area (Å²) in [5.41, 5.74) is 2.07. The second kappa shape index (κ2) is 5.61. The topological polar surface area (TPSA) is 52.1 Å². The largest absolute Gasteiger partial charge is 0.493 e. The van der Waals surface area contributed by atoms with Crippen LogP contribution >= 0.6 is 0 Å². The van der Waals surface area contributed by atoms with Crippen LogP contribution in [0, 0.1) is 6.92 Å². The van der Waals surface area contributed by atoms with Gasteiger partial charge in [-0.2, -0.15) is 0 Å². The van der Waals surface area contributed by atoms with Gasteiger partial charge in [-0.05, 0) is 32.9 Å². The van der Waals surface area contributed by atoms with Crippen LogP contribution in [-0.4, -0.2) is 22.4 Å². The Bertz CT molecular complexity index is 609. The first-order valence-corrected chi connectivity index (χ1v) is 6.20. The molecule has 19 heavy (non-hydrogen) atoms. The van der Waals surface area contributed by atoms with Crippen molar-refractivity contribution in [2.24, 2.45) is 0 Å². The lowest BCUT2D eigenvalue weighted by Gasteiger charge is -2.10. The summed E-state index contributed by atoms with van der Waals surface area (Å²) in [6.45, 7) is 5.84. The van der Waals surface area contributed by atoms with Crippen molar-refractivity contribution in [2.75, 3.05) is 6.61 Å². The van der Waals surface area contributed by atoms with E-state index in [9.17, 15) is 4.79 Å². The predicted octanol–water partition coefficient (Wildman–Crippen LogP) is 3.05. The van der Waals surface area contributed by atoms with Crippen LogP contribution in [0.5, 0.6) is 5.75 Å². The van der Waals surface area contributed by atoms with E-state index in [1.165, 1.54) is 6.92 Å². The van der Waals surface area contributed by atoms with Gasteiger partial charge in [-0.25, -0.2) is 9.97 Å². The zero-order chi connectivity index (χ0) is 13.8. The first-order valence-electron chi connectivity index (χ1n) is 6.20. The number of nitrogens with zero attached hydrogens (tertiary/aromatic N) is 2. The fourth-order valence-corrected chi connectivity index (χ4v) is 1.88. The summed E-state index contributed by atoms with van der Waals surface area (Å²) >= 11 is 0. The van der Waals surface area contributed by atoms with Crippen LogP contribution in [0.1, 0.15) is 29.9 Å². The van der Waals surface area contributed by atoms with Crippen LogP contribution in [0.2, 0.25) is 0 Å². The summed E-state index contributed by atoms with van der Waals surface area (Å²) in [7, 11) is 0. The van der Waals surface area contributed by atoms with E-state index in [4.69, 9.17) is 4.74 Å². The number of Topliss-reactive ketones (excluding diaryl/α,β-unsaturated/α-hetero) is 1. The molecule has 0 aliphatic heterocycles. The number of hydrogen-bond donors (Lipinski definition) is 0. The fourth-order valence-electron chi connectivity index (χ4n) is 1.88. The standard InChI is InChI=1S/C15H16N2O2/c1-4-19-14-8-6-5-7-12(14)15-16-9-13(11(3)18)10(2)17-15/h5-9H,4H2,1-3H3. The fraction of sp³-hybridized carbons (Fsp3) is 0.267. The molecule has 0 bridgehead atoms. The number of benzene rings is 1. The number of aromatic nitrogens is 2. The molecule has 0 unspecified atom stereocenters. The van der Waals surface area contributed by atoms with Crippen molar-refractivity contribution in [2.45, 2.75) is 20.8 Å². The highest BCUT2D eigenvalue weighted by Gasteiger charge is 2.12. The van der Waals surface area contributed by atoms with Crippen LogP contribution in [-0.2, 0) is 0 Å². The van der Waals surface area contributed by atoms with Crippen molar-refractivity contribution in [3.8, 4) is 17.1 Å². The predicted molar refractivity (Wildman–Crippen MR) is 73.4 cm³/mol. The quantitative estimate of drug-likeness (QED) is 0.789. The number of aryl methyl sites for hydroxylation is 1. The molecule has 2 aromatic rings. The van der Waals surface area contributed by atoms with Gasteiger partial charge in [-0.3, -0.25) is 4.79 Å². The van der Waals surface area contributed by atoms with Crippen molar-refractivity contribution in [1.82, 2.24) is 9.97 Å². The first kappa shape index (κ1) is 13.2. The van der Waals surface area contributed by atoms with Gasteiger partial charge in [0.05, 0.1) is 23.4 Å². The van der Waals surface area contributed by atoms with Gasteiger partial charge in [0.15, 0.2) is 11.6 Å². The van der Waals surface area contributed by atoms with E-state index < -0.39 is 0 Å². The van der Waals surface area contributed by atoms with Crippen LogP contribution in [0.3, 0.4) is 0 Å². The summed E-state index contributed by atoms with van der Waals surface area (Å²) in [6.07, 6.45) is 1.57. The third kappa shape index (κ3) is 2.78. The average molecular weight is 256 g/mol. The molecular formula is C15H16N2O2. The molecule has 4 nitrogen and oxygen atoms in total.